The van der Waals surface area contributed by atoms with Crippen molar-refractivity contribution >= 4 is 5.91 Å². The van der Waals surface area contributed by atoms with E-state index in [-0.39, 0.29) is 18.9 Å². The van der Waals surface area contributed by atoms with Crippen molar-refractivity contribution in [3.63, 3.8) is 0 Å². The fourth-order valence-corrected chi connectivity index (χ4v) is 7.29. The molecule has 9 heteroatoms. The normalized spacial score (nSPS) is 20.7. The van der Waals surface area contributed by atoms with Crippen molar-refractivity contribution in [2.75, 3.05) is 13.2 Å². The van der Waals surface area contributed by atoms with E-state index in [4.69, 9.17) is 9.47 Å². The van der Waals surface area contributed by atoms with E-state index in [1.165, 1.54) is 64.2 Å². The lowest BCUT2D eigenvalue weighted by molar-refractivity contribution is -0.302. The van der Waals surface area contributed by atoms with Crippen LogP contribution >= 0.6 is 0 Å². The SMILES string of the molecule is CC/C=C\C/C=C\C/C=C\C/C=C\C/C=C\C/C=C\C/C=C\C/C=C\C/C=C\CCCC(=O)NC(COC1OC(CO)C(O)C(O)C1O)C(O)/C=C/CC/C=C/CCCCCCCCCCCC. The maximum absolute atomic E-state index is 13.0. The van der Waals surface area contributed by atoms with E-state index in [1.807, 2.05) is 6.08 Å². The second-order valence-electron chi connectivity index (χ2n) is 17.6. The van der Waals surface area contributed by atoms with Gasteiger partial charge in [-0.2, -0.15) is 0 Å². The van der Waals surface area contributed by atoms with Gasteiger partial charge in [0.1, 0.15) is 24.4 Å². The first-order chi connectivity index (χ1) is 33.3. The Morgan fingerprint density at radius 3 is 1.41 bits per heavy atom. The highest BCUT2D eigenvalue weighted by molar-refractivity contribution is 5.76. The number of aliphatic hydroxyl groups excluding tert-OH is 5. The summed E-state index contributed by atoms with van der Waals surface area (Å²) in [5.41, 5.74) is 0. The molecule has 0 aromatic carbocycles. The van der Waals surface area contributed by atoms with E-state index in [0.717, 1.165) is 83.5 Å². The van der Waals surface area contributed by atoms with Gasteiger partial charge in [0, 0.05) is 6.42 Å². The third-order valence-corrected chi connectivity index (χ3v) is 11.5. The fourth-order valence-electron chi connectivity index (χ4n) is 7.29. The average Bonchev–Trinajstić information content (AvgIpc) is 3.34. The monoisotopic (exact) mass is 946 g/mol. The Morgan fingerprint density at radius 2 is 0.926 bits per heavy atom. The molecule has 1 aliphatic heterocycles. The Hall–Kier alpha value is -3.67. The first kappa shape index (κ1) is 62.3. The molecule has 0 spiro atoms. The van der Waals surface area contributed by atoms with E-state index >= 15 is 0 Å². The number of allylic oxidation sites excluding steroid dienone is 21. The largest absolute Gasteiger partial charge is 0.394 e. The van der Waals surface area contributed by atoms with Crippen LogP contribution in [0.4, 0.5) is 0 Å². The number of ether oxygens (including phenoxy) is 2. The molecule has 0 aromatic heterocycles. The smallest absolute Gasteiger partial charge is 0.220 e. The molecule has 7 atom stereocenters. The topological polar surface area (TPSA) is 149 Å². The molecule has 7 unspecified atom stereocenters. The molecule has 1 saturated heterocycles. The molecular formula is C59H95NO8. The Bertz CT molecular complexity index is 1520. The number of carbonyl (C=O) groups excluding carboxylic acids is 1. The Balaban J connectivity index is 2.36. The van der Waals surface area contributed by atoms with Crippen LogP contribution in [-0.2, 0) is 14.3 Å². The number of unbranched alkanes of at least 4 members (excludes halogenated alkanes) is 12. The van der Waals surface area contributed by atoms with Crippen LogP contribution in [0.25, 0.3) is 0 Å². The number of hydrogen-bond acceptors (Lipinski definition) is 8. The van der Waals surface area contributed by atoms with Crippen molar-refractivity contribution in [2.24, 2.45) is 0 Å². The number of amides is 1. The van der Waals surface area contributed by atoms with Crippen LogP contribution in [0, 0.1) is 0 Å². The van der Waals surface area contributed by atoms with Gasteiger partial charge in [-0.3, -0.25) is 4.79 Å². The second kappa shape index (κ2) is 47.0. The second-order valence-corrected chi connectivity index (χ2v) is 17.6. The molecule has 1 fully saturated rings. The van der Waals surface area contributed by atoms with Crippen LogP contribution in [0.1, 0.15) is 174 Å². The summed E-state index contributed by atoms with van der Waals surface area (Å²) in [6, 6.07) is -0.863. The first-order valence-electron chi connectivity index (χ1n) is 26.4. The van der Waals surface area contributed by atoms with Gasteiger partial charge in [0.15, 0.2) is 6.29 Å². The zero-order valence-corrected chi connectivity index (χ0v) is 42.3. The molecule has 68 heavy (non-hydrogen) atoms. The van der Waals surface area contributed by atoms with Crippen LogP contribution in [0.5, 0.6) is 0 Å². The minimum Gasteiger partial charge on any atom is -0.394 e. The zero-order chi connectivity index (χ0) is 49.4. The molecule has 1 aliphatic rings. The Morgan fingerprint density at radius 1 is 0.515 bits per heavy atom. The molecule has 0 aliphatic carbocycles. The van der Waals surface area contributed by atoms with Crippen LogP contribution in [-0.4, -0.2) is 87.5 Å². The minimum atomic E-state index is -1.59. The summed E-state index contributed by atoms with van der Waals surface area (Å²) in [6.07, 6.45) is 65.1. The van der Waals surface area contributed by atoms with E-state index in [1.54, 1.807) is 6.08 Å². The molecule has 384 valence electrons. The van der Waals surface area contributed by atoms with Crippen LogP contribution in [0.3, 0.4) is 0 Å². The average molecular weight is 946 g/mol. The van der Waals surface area contributed by atoms with Gasteiger partial charge in [-0.05, 0) is 96.3 Å². The molecule has 0 aromatic rings. The summed E-state index contributed by atoms with van der Waals surface area (Å²) < 4.78 is 11.2. The molecule has 1 amide bonds. The van der Waals surface area contributed by atoms with Crippen LogP contribution in [0.15, 0.2) is 134 Å². The number of hydrogen-bond donors (Lipinski definition) is 6. The fraction of sp³-hybridized carbons (Fsp3) is 0.610. The summed E-state index contributed by atoms with van der Waals surface area (Å²) in [5, 5.41) is 54.3. The Kier molecular flexibility index (Phi) is 43.1. The molecule has 1 heterocycles. The molecule has 0 radical (unpaired) electrons. The van der Waals surface area contributed by atoms with Gasteiger partial charge in [-0.15, -0.1) is 0 Å². The summed E-state index contributed by atoms with van der Waals surface area (Å²) in [6.45, 7) is 3.59. The third-order valence-electron chi connectivity index (χ3n) is 11.5. The molecular weight excluding hydrogens is 851 g/mol. The molecule has 0 bridgehead atoms. The molecule has 9 nitrogen and oxygen atoms in total. The van der Waals surface area contributed by atoms with Crippen molar-refractivity contribution in [1.29, 1.82) is 0 Å². The number of aliphatic hydroxyl groups is 5. The van der Waals surface area contributed by atoms with Gasteiger partial charge in [0.2, 0.25) is 5.91 Å². The zero-order valence-electron chi connectivity index (χ0n) is 42.3. The number of nitrogens with one attached hydrogen (secondary N) is 1. The van der Waals surface area contributed by atoms with E-state index in [0.29, 0.717) is 6.42 Å². The van der Waals surface area contributed by atoms with Gasteiger partial charge in [0.05, 0.1) is 25.4 Å². The third kappa shape index (κ3) is 36.3. The molecule has 1 rings (SSSR count). The highest BCUT2D eigenvalue weighted by Gasteiger charge is 2.44. The van der Waals surface area contributed by atoms with Gasteiger partial charge in [0.25, 0.3) is 0 Å². The van der Waals surface area contributed by atoms with Crippen molar-refractivity contribution < 1.29 is 39.8 Å². The van der Waals surface area contributed by atoms with Gasteiger partial charge >= 0.3 is 0 Å². The van der Waals surface area contributed by atoms with E-state index in [2.05, 4.69) is 141 Å². The van der Waals surface area contributed by atoms with E-state index in [9.17, 15) is 30.3 Å². The summed E-state index contributed by atoms with van der Waals surface area (Å²) in [5.74, 6) is -0.251. The van der Waals surface area contributed by atoms with Gasteiger partial charge in [-0.25, -0.2) is 0 Å². The van der Waals surface area contributed by atoms with Crippen molar-refractivity contribution in [1.82, 2.24) is 5.32 Å². The molecule has 0 saturated carbocycles. The van der Waals surface area contributed by atoms with Gasteiger partial charge in [-0.1, -0.05) is 205 Å². The maximum atomic E-state index is 13.0. The number of rotatable bonds is 42. The standard InChI is InChI=1S/C59H95NO8/c1-3-5-7-9-11-13-15-17-19-21-22-23-24-25-26-27-28-29-30-31-32-33-35-37-39-41-43-45-47-49-55(63)60-52(51-67-59-58(66)57(65)56(64)54(50-61)68-59)53(62)48-46-44-42-40-38-36-34-20-18-16-14-12-10-8-6-4-2/h5,7,11,13,17,19,22-23,25-26,28-29,31-32,35,37-38,40-41,43,46,48,52-54,56-59,61-62,64-66H,3-4,6,8-10,12,14-16,18,20-21,24,27,30,33-34,36,39,42,44-45,47,49-51H2,1-2H3,(H,60,63)/b7-5-,13-11-,19-17-,23-22-,26-25-,29-28-,32-31-,37-35-,40-38+,43-41-,48-46+. The first-order valence-corrected chi connectivity index (χ1v) is 26.4. The molecule has 6 N–H and O–H groups in total. The van der Waals surface area contributed by atoms with Crippen molar-refractivity contribution in [2.45, 2.75) is 217 Å². The van der Waals surface area contributed by atoms with Crippen LogP contribution < -0.4 is 5.32 Å². The highest BCUT2D eigenvalue weighted by atomic mass is 16.7. The van der Waals surface area contributed by atoms with E-state index < -0.39 is 49.5 Å². The Labute approximate surface area is 413 Å². The quantitative estimate of drug-likeness (QED) is 0.0262. The highest BCUT2D eigenvalue weighted by Crippen LogP contribution is 2.22. The minimum absolute atomic E-state index is 0.234. The number of carbonyl (C=O) groups is 1. The lowest BCUT2D eigenvalue weighted by Gasteiger charge is -2.40. The van der Waals surface area contributed by atoms with Gasteiger partial charge < -0.3 is 40.3 Å². The maximum Gasteiger partial charge on any atom is 0.220 e. The lowest BCUT2D eigenvalue weighted by atomic mass is 9.99. The summed E-state index contributed by atoms with van der Waals surface area (Å²) in [4.78, 5) is 13.0. The predicted molar refractivity (Wildman–Crippen MR) is 285 cm³/mol. The summed E-state index contributed by atoms with van der Waals surface area (Å²) >= 11 is 0. The predicted octanol–water partition coefficient (Wildman–Crippen LogP) is 12.6. The van der Waals surface area contributed by atoms with Crippen molar-refractivity contribution in [3.05, 3.63) is 134 Å². The van der Waals surface area contributed by atoms with Crippen LogP contribution in [0.2, 0.25) is 0 Å². The lowest BCUT2D eigenvalue weighted by Crippen LogP contribution is -2.60. The summed E-state index contributed by atoms with van der Waals surface area (Å²) in [7, 11) is 0. The van der Waals surface area contributed by atoms with Crippen molar-refractivity contribution in [3.8, 4) is 0 Å².